The Morgan fingerprint density at radius 3 is 1.40 bits per heavy atom. The molecule has 0 radical (unpaired) electrons. The zero-order chi connectivity index (χ0) is 60.9. The van der Waals surface area contributed by atoms with Gasteiger partial charge in [0.05, 0.1) is 38.4 Å². The van der Waals surface area contributed by atoms with Crippen molar-refractivity contribution in [1.29, 1.82) is 0 Å². The number of carboxylic acids is 2. The van der Waals surface area contributed by atoms with E-state index in [1.165, 1.54) is 24.3 Å². The molecule has 446 valence electrons. The second-order valence-electron chi connectivity index (χ2n) is 18.0. The molecule has 0 aliphatic carbocycles. The molecule has 0 spiro atoms. The molecule has 10 amide bonds. The second-order valence-corrected chi connectivity index (χ2v) is 18.0. The first-order valence-electron chi connectivity index (χ1n) is 24.8. The fourth-order valence-electron chi connectivity index (χ4n) is 7.15. The van der Waals surface area contributed by atoms with Gasteiger partial charge in [-0.2, -0.15) is 0 Å². The molecule has 0 aromatic heterocycles. The Hall–Kier alpha value is -9.05. The Labute approximate surface area is 461 Å². The summed E-state index contributed by atoms with van der Waals surface area (Å²) in [5.41, 5.74) is 22.5. The fraction of sp³-hybridized carbons (Fsp3) is 0.479. The van der Waals surface area contributed by atoms with Crippen molar-refractivity contribution in [3.05, 3.63) is 65.7 Å². The molecule has 0 heterocycles. The van der Waals surface area contributed by atoms with E-state index in [2.05, 4.69) is 47.5 Å². The summed E-state index contributed by atoms with van der Waals surface area (Å²) in [5, 5.41) is 88.8. The summed E-state index contributed by atoms with van der Waals surface area (Å²) in [5.74, 6) is -15.1. The van der Waals surface area contributed by atoms with E-state index in [-0.39, 0.29) is 55.9 Å². The third-order valence-corrected chi connectivity index (χ3v) is 11.5. The number of amides is 10. The molecular weight excluding hydrogens is 1080 g/mol. The van der Waals surface area contributed by atoms with Gasteiger partial charge >= 0.3 is 11.9 Å². The number of phenols is 1. The summed E-state index contributed by atoms with van der Waals surface area (Å²) in [6, 6.07) is -2.82. The lowest BCUT2D eigenvalue weighted by Gasteiger charge is -2.27. The molecule has 81 heavy (non-hydrogen) atoms. The highest BCUT2D eigenvalue weighted by molar-refractivity contribution is 5.99. The smallest absolute Gasteiger partial charge is 0.322 e. The maximum atomic E-state index is 14.3. The number of carboxylic acid groups (broad SMARTS) is 2. The number of nitrogens with one attached hydrogen (secondary N) is 9. The minimum absolute atomic E-state index is 0.0710. The Kier molecular flexibility index (Phi) is 29.2. The van der Waals surface area contributed by atoms with Gasteiger partial charge in [0.25, 0.3) is 0 Å². The molecule has 0 saturated carbocycles. The number of guanidine groups is 1. The minimum atomic E-state index is -2.04. The van der Waals surface area contributed by atoms with E-state index in [9.17, 15) is 88.2 Å². The van der Waals surface area contributed by atoms with Crippen molar-refractivity contribution in [3.63, 3.8) is 0 Å². The molecule has 2 rings (SSSR count). The summed E-state index contributed by atoms with van der Waals surface area (Å²) < 4.78 is 0. The number of rotatable bonds is 36. The summed E-state index contributed by atoms with van der Waals surface area (Å²) >= 11 is 0. The molecule has 0 aliphatic heterocycles. The average Bonchev–Trinajstić information content (AvgIpc) is 3.41. The fourth-order valence-corrected chi connectivity index (χ4v) is 7.15. The predicted octanol–water partition coefficient (Wildman–Crippen LogP) is -9.26. The van der Waals surface area contributed by atoms with E-state index in [0.29, 0.717) is 5.56 Å². The van der Waals surface area contributed by atoms with E-state index in [0.717, 1.165) is 6.92 Å². The number of aliphatic hydroxyl groups is 4. The molecule has 0 aliphatic rings. The van der Waals surface area contributed by atoms with Crippen LogP contribution in [0.4, 0.5) is 0 Å². The Balaban J connectivity index is 2.49. The van der Waals surface area contributed by atoms with Crippen LogP contribution in [0.5, 0.6) is 5.75 Å². The first kappa shape index (κ1) is 68.1. The minimum Gasteiger partial charge on any atom is -0.508 e. The van der Waals surface area contributed by atoms with E-state index >= 15 is 0 Å². The second kappa shape index (κ2) is 34.8. The molecule has 33 heteroatoms. The number of aliphatic carboxylic acids is 2. The first-order chi connectivity index (χ1) is 38.2. The monoisotopic (exact) mass is 1150 g/mol. The number of hydrogen-bond donors (Lipinski definition) is 20. The third-order valence-electron chi connectivity index (χ3n) is 11.5. The van der Waals surface area contributed by atoms with Crippen molar-refractivity contribution in [3.8, 4) is 5.75 Å². The number of hydrogen-bond acceptors (Lipinski definition) is 19. The van der Waals surface area contributed by atoms with Crippen molar-refractivity contribution in [2.75, 3.05) is 32.9 Å². The molecule has 2 aromatic rings. The van der Waals surface area contributed by atoms with Crippen molar-refractivity contribution in [2.45, 2.75) is 112 Å². The topological polar surface area (TPSA) is 571 Å². The van der Waals surface area contributed by atoms with Crippen LogP contribution in [0.15, 0.2) is 59.6 Å². The van der Waals surface area contributed by atoms with Crippen LogP contribution in [0.1, 0.15) is 50.2 Å². The van der Waals surface area contributed by atoms with Crippen LogP contribution in [0, 0.1) is 0 Å². The maximum Gasteiger partial charge on any atom is 0.322 e. The third kappa shape index (κ3) is 25.1. The Morgan fingerprint density at radius 2 is 0.938 bits per heavy atom. The van der Waals surface area contributed by atoms with Crippen molar-refractivity contribution < 1.29 is 93.3 Å². The molecule has 0 fully saturated rings. The lowest BCUT2D eigenvalue weighted by Crippen LogP contribution is -2.62. The highest BCUT2D eigenvalue weighted by Gasteiger charge is 2.36. The number of carbonyl (C=O) groups is 12. The highest BCUT2D eigenvalue weighted by atomic mass is 16.4. The molecular formula is C48H70N14O19. The normalized spacial score (nSPS) is 14.5. The molecule has 24 N–H and O–H groups in total. The number of aliphatic hydroxyl groups excluding tert-OH is 4. The number of benzene rings is 2. The maximum absolute atomic E-state index is 14.3. The lowest BCUT2D eigenvalue weighted by molar-refractivity contribution is -0.141. The molecule has 0 saturated heterocycles. The van der Waals surface area contributed by atoms with E-state index < -0.39 is 171 Å². The van der Waals surface area contributed by atoms with E-state index in [4.69, 9.17) is 28.0 Å². The van der Waals surface area contributed by atoms with Crippen molar-refractivity contribution >= 4 is 77.0 Å². The largest absolute Gasteiger partial charge is 0.508 e. The number of primary amides is 1. The van der Waals surface area contributed by atoms with Crippen molar-refractivity contribution in [1.82, 2.24) is 47.9 Å². The van der Waals surface area contributed by atoms with Crippen LogP contribution < -0.4 is 70.8 Å². The quantitative estimate of drug-likeness (QED) is 0.0171. The van der Waals surface area contributed by atoms with Gasteiger partial charge < -0.3 is 107 Å². The number of carbonyl (C=O) groups excluding carboxylic acids is 10. The number of aromatic hydroxyl groups is 1. The molecule has 33 nitrogen and oxygen atoms in total. The van der Waals surface area contributed by atoms with Gasteiger partial charge in [0.2, 0.25) is 59.1 Å². The van der Waals surface area contributed by atoms with Crippen molar-refractivity contribution in [2.24, 2.45) is 27.9 Å². The van der Waals surface area contributed by atoms with Gasteiger partial charge in [-0.05, 0) is 49.4 Å². The highest BCUT2D eigenvalue weighted by Crippen LogP contribution is 2.13. The van der Waals surface area contributed by atoms with Gasteiger partial charge in [-0.15, -0.1) is 0 Å². The predicted molar refractivity (Wildman–Crippen MR) is 280 cm³/mol. The SMILES string of the molecule is C[C@@H](O)[C@H](NC(=O)[C@H](CO)NC(=O)[C@H](CO)NC(=O)[C@H](Cc1ccccc1)NC(=O)[C@H](CCCN=C(N)N)NC(=O)[C@H](CC(=O)O)NC(=O)[C@H](Cc1ccc(O)cc1)NC(=O)[C@H](CO)NC(=O)[C@@H](N)CCC(N)=O)C(=O)NCC(=O)O. The van der Waals surface area contributed by atoms with Gasteiger partial charge in [0.15, 0.2) is 5.96 Å². The van der Waals surface area contributed by atoms with E-state index in [1.54, 1.807) is 30.3 Å². The molecule has 10 atom stereocenters. The summed E-state index contributed by atoms with van der Waals surface area (Å²) in [4.78, 5) is 160. The first-order valence-corrected chi connectivity index (χ1v) is 24.8. The number of aliphatic imine (C=N–C) groups is 1. The number of phenolic OH excluding ortho intramolecular Hbond substituents is 1. The zero-order valence-electron chi connectivity index (χ0n) is 43.7. The lowest BCUT2D eigenvalue weighted by atomic mass is 10.0. The molecule has 0 unspecified atom stereocenters. The standard InChI is InChI=1S/C48H70N14O19/c1-23(66)38(47(81)54-19-37(71)72)62-46(80)34(22-65)61-45(79)33(21-64)60-42(76)29(16-24-6-3-2-4-7-24)56-40(74)28(8-5-15-53-48(51)52)55-43(77)31(18-36(69)70)58-41(75)30(17-25-9-11-26(67)12-10-25)57-44(78)32(20-63)59-39(73)27(49)13-14-35(50)68/h2-4,6-7,9-12,23,27-34,38,63-67H,5,8,13-22,49H2,1H3,(H2,50,68)(H,54,81)(H,55,77)(H,56,74)(H,57,78)(H,58,75)(H,59,73)(H,60,76)(H,61,79)(H,62,80)(H,69,70)(H,71,72)(H4,51,52,53)/t23-,27+,28+,29+,30+,31+,32+,33+,34+,38+/m1/s1. The zero-order valence-corrected chi connectivity index (χ0v) is 43.7. The van der Waals surface area contributed by atoms with Crippen LogP contribution in [0.25, 0.3) is 0 Å². The molecule has 0 bridgehead atoms. The van der Waals surface area contributed by atoms with Gasteiger partial charge in [0.1, 0.15) is 60.6 Å². The van der Waals surface area contributed by atoms with Crippen LogP contribution >= 0.6 is 0 Å². The van der Waals surface area contributed by atoms with Gasteiger partial charge in [-0.1, -0.05) is 42.5 Å². The van der Waals surface area contributed by atoms with Crippen LogP contribution in [0.3, 0.4) is 0 Å². The summed E-state index contributed by atoms with van der Waals surface area (Å²) in [6.45, 7) is -3.31. The Morgan fingerprint density at radius 1 is 0.519 bits per heavy atom. The van der Waals surface area contributed by atoms with Crippen LogP contribution in [-0.4, -0.2) is 206 Å². The summed E-state index contributed by atoms with van der Waals surface area (Å²) in [7, 11) is 0. The number of nitrogens with two attached hydrogens (primary N) is 4. The summed E-state index contributed by atoms with van der Waals surface area (Å²) in [6.07, 6.45) is -4.46. The van der Waals surface area contributed by atoms with Crippen LogP contribution in [0.2, 0.25) is 0 Å². The number of nitrogens with zero attached hydrogens (tertiary/aromatic N) is 1. The average molecular weight is 1150 g/mol. The molecule has 2 aromatic carbocycles. The van der Waals surface area contributed by atoms with E-state index in [1.807, 2.05) is 5.32 Å². The van der Waals surface area contributed by atoms with Gasteiger partial charge in [-0.25, -0.2) is 0 Å². The Bertz CT molecular complexity index is 2540. The van der Waals surface area contributed by atoms with Crippen LogP contribution in [-0.2, 0) is 70.4 Å². The van der Waals surface area contributed by atoms with Gasteiger partial charge in [-0.3, -0.25) is 62.5 Å². The van der Waals surface area contributed by atoms with Gasteiger partial charge in [0, 0.05) is 25.8 Å².